The number of carbonyl (C=O) groups excluding carboxylic acids is 1. The van der Waals surface area contributed by atoms with Gasteiger partial charge in [0.15, 0.2) is 0 Å². The van der Waals surface area contributed by atoms with Crippen LogP contribution in [-0.2, 0) is 6.18 Å². The van der Waals surface area contributed by atoms with Crippen LogP contribution in [0.25, 0.3) is 11.3 Å². The molecule has 1 amide bonds. The predicted molar refractivity (Wildman–Crippen MR) is 116 cm³/mol. The van der Waals surface area contributed by atoms with Crippen molar-refractivity contribution in [2.24, 2.45) is 11.3 Å². The first-order valence-electron chi connectivity index (χ1n) is 11.0. The van der Waals surface area contributed by atoms with Gasteiger partial charge < -0.3 is 10.2 Å². The average Bonchev–Trinajstić information content (AvgIpc) is 3.47. The summed E-state index contributed by atoms with van der Waals surface area (Å²) in [5.41, 5.74) is 1.53. The number of halogens is 3. The Morgan fingerprint density at radius 1 is 1.03 bits per heavy atom. The smallest absolute Gasteiger partial charge is 0.365 e. The summed E-state index contributed by atoms with van der Waals surface area (Å²) in [4.78, 5) is 24.0. The number of aromatic nitrogens is 2. The standard InChI is InChI=1S/C25H21F3N4O/c26-25(27,28)15-8-9-21(30-13-15)31-20-12-24-11-16(24)14-32(22(20)24)23(33)18-6-2-1-5-17(18)19-7-3-4-10-29-19/h1-10,13,16,20,22H,11-12,14H2,(H,30,31). The zero-order chi connectivity index (χ0) is 22.8. The molecule has 1 spiro atoms. The fraction of sp³-hybridized carbons (Fsp3) is 0.320. The van der Waals surface area contributed by atoms with E-state index < -0.39 is 11.7 Å². The number of likely N-dealkylation sites (tertiary alicyclic amines) is 1. The highest BCUT2D eigenvalue weighted by Crippen LogP contribution is 2.71. The van der Waals surface area contributed by atoms with Crippen molar-refractivity contribution in [3.8, 4) is 11.3 Å². The number of nitrogens with one attached hydrogen (secondary N) is 1. The lowest BCUT2D eigenvalue weighted by Crippen LogP contribution is -2.60. The van der Waals surface area contributed by atoms with E-state index in [1.165, 1.54) is 6.07 Å². The van der Waals surface area contributed by atoms with Gasteiger partial charge in [-0.3, -0.25) is 9.78 Å². The molecule has 0 radical (unpaired) electrons. The zero-order valence-corrected chi connectivity index (χ0v) is 17.6. The molecule has 3 aromatic rings. The second-order valence-electron chi connectivity index (χ2n) is 9.18. The van der Waals surface area contributed by atoms with Gasteiger partial charge in [0, 0.05) is 36.1 Å². The third-order valence-corrected chi connectivity index (χ3v) is 7.39. The number of alkyl halides is 3. The van der Waals surface area contributed by atoms with Gasteiger partial charge in [0.25, 0.3) is 5.91 Å². The maximum absolute atomic E-state index is 13.7. The Bertz CT molecular complexity index is 1210. The van der Waals surface area contributed by atoms with E-state index in [0.29, 0.717) is 23.8 Å². The van der Waals surface area contributed by atoms with Crippen LogP contribution in [0.4, 0.5) is 19.0 Å². The molecule has 3 heterocycles. The van der Waals surface area contributed by atoms with Gasteiger partial charge in [0.1, 0.15) is 5.82 Å². The highest BCUT2D eigenvalue weighted by molar-refractivity contribution is 6.01. The maximum Gasteiger partial charge on any atom is 0.417 e. The van der Waals surface area contributed by atoms with Crippen LogP contribution in [0.1, 0.15) is 28.8 Å². The Hall–Kier alpha value is -3.42. The van der Waals surface area contributed by atoms with Crippen molar-refractivity contribution in [3.05, 3.63) is 78.1 Å². The number of benzene rings is 1. The minimum Gasteiger partial charge on any atom is -0.365 e. The number of hydrogen-bond donors (Lipinski definition) is 1. The molecule has 8 heteroatoms. The van der Waals surface area contributed by atoms with Crippen LogP contribution in [0.2, 0.25) is 0 Å². The molecule has 5 nitrogen and oxygen atoms in total. The third kappa shape index (κ3) is 3.19. The van der Waals surface area contributed by atoms with Crippen LogP contribution in [-0.4, -0.2) is 39.4 Å². The number of nitrogens with zero attached hydrogens (tertiary/aromatic N) is 3. The molecule has 0 bridgehead atoms. The van der Waals surface area contributed by atoms with E-state index in [4.69, 9.17) is 0 Å². The first-order valence-corrected chi connectivity index (χ1v) is 11.0. The fourth-order valence-corrected chi connectivity index (χ4v) is 5.76. The minimum absolute atomic E-state index is 0.0101. The molecule has 1 aromatic carbocycles. The number of anilines is 1. The predicted octanol–water partition coefficient (Wildman–Crippen LogP) is 4.88. The summed E-state index contributed by atoms with van der Waals surface area (Å²) < 4.78 is 38.5. The van der Waals surface area contributed by atoms with Crippen LogP contribution in [0.3, 0.4) is 0 Å². The van der Waals surface area contributed by atoms with Crippen molar-refractivity contribution in [2.45, 2.75) is 31.1 Å². The topological polar surface area (TPSA) is 58.1 Å². The quantitative estimate of drug-likeness (QED) is 0.616. The molecule has 3 aliphatic rings. The normalized spacial score (nSPS) is 27.4. The minimum atomic E-state index is -4.41. The summed E-state index contributed by atoms with van der Waals surface area (Å²) in [6, 6.07) is 15.5. The van der Waals surface area contributed by atoms with Gasteiger partial charge in [0.05, 0.1) is 17.3 Å². The summed E-state index contributed by atoms with van der Waals surface area (Å²) in [6.07, 6.45) is 0.137. The summed E-state index contributed by atoms with van der Waals surface area (Å²) >= 11 is 0. The lowest BCUT2D eigenvalue weighted by Gasteiger charge is -2.48. The number of hydrogen-bond acceptors (Lipinski definition) is 4. The van der Waals surface area contributed by atoms with Crippen LogP contribution in [0, 0.1) is 11.3 Å². The van der Waals surface area contributed by atoms with Crippen molar-refractivity contribution in [3.63, 3.8) is 0 Å². The van der Waals surface area contributed by atoms with Gasteiger partial charge in [-0.25, -0.2) is 4.98 Å². The van der Waals surface area contributed by atoms with Gasteiger partial charge in [-0.05, 0) is 54.5 Å². The van der Waals surface area contributed by atoms with E-state index in [1.54, 1.807) is 6.20 Å². The van der Waals surface area contributed by atoms with Gasteiger partial charge >= 0.3 is 6.18 Å². The fourth-order valence-electron chi connectivity index (χ4n) is 5.76. The van der Waals surface area contributed by atoms with Gasteiger partial charge in [-0.15, -0.1) is 0 Å². The third-order valence-electron chi connectivity index (χ3n) is 7.39. The van der Waals surface area contributed by atoms with Crippen molar-refractivity contribution >= 4 is 11.7 Å². The summed E-state index contributed by atoms with van der Waals surface area (Å²) in [6.45, 7) is 0.707. The molecule has 6 rings (SSSR count). The molecule has 1 N–H and O–H groups in total. The highest BCUT2D eigenvalue weighted by atomic mass is 19.4. The summed E-state index contributed by atoms with van der Waals surface area (Å²) in [5, 5.41) is 3.28. The van der Waals surface area contributed by atoms with Crippen LogP contribution in [0.5, 0.6) is 0 Å². The second-order valence-corrected chi connectivity index (χ2v) is 9.18. The molecular formula is C25H21F3N4O. The van der Waals surface area contributed by atoms with E-state index >= 15 is 0 Å². The molecule has 2 saturated carbocycles. The molecule has 2 aliphatic carbocycles. The lowest BCUT2D eigenvalue weighted by atomic mass is 9.71. The summed E-state index contributed by atoms with van der Waals surface area (Å²) in [5.74, 6) is 0.861. The van der Waals surface area contributed by atoms with Crippen LogP contribution < -0.4 is 5.32 Å². The Morgan fingerprint density at radius 3 is 2.58 bits per heavy atom. The Labute approximate surface area is 188 Å². The Morgan fingerprint density at radius 2 is 1.85 bits per heavy atom. The van der Waals surface area contributed by atoms with Crippen LogP contribution in [0.15, 0.2) is 67.0 Å². The lowest BCUT2D eigenvalue weighted by molar-refractivity contribution is -0.137. The highest BCUT2D eigenvalue weighted by Gasteiger charge is 2.75. The van der Waals surface area contributed by atoms with Crippen LogP contribution >= 0.6 is 0 Å². The van der Waals surface area contributed by atoms with E-state index in [-0.39, 0.29) is 23.4 Å². The second kappa shape index (κ2) is 7.04. The SMILES string of the molecule is O=C(c1ccccc1-c1ccccn1)N1CC2CC23CC(Nc2ccc(C(F)(F)F)cn2)C13. The number of pyridine rings is 2. The summed E-state index contributed by atoms with van der Waals surface area (Å²) in [7, 11) is 0. The first-order chi connectivity index (χ1) is 15.9. The van der Waals surface area contributed by atoms with Crippen molar-refractivity contribution in [1.82, 2.24) is 14.9 Å². The van der Waals surface area contributed by atoms with E-state index in [2.05, 4.69) is 15.3 Å². The molecular weight excluding hydrogens is 429 g/mol. The Balaban J connectivity index is 1.25. The van der Waals surface area contributed by atoms with E-state index in [1.807, 2.05) is 47.4 Å². The Kier molecular flexibility index (Phi) is 4.31. The first kappa shape index (κ1) is 20.2. The largest absolute Gasteiger partial charge is 0.417 e. The van der Waals surface area contributed by atoms with Crippen molar-refractivity contribution in [1.29, 1.82) is 0 Å². The number of piperidine rings is 1. The van der Waals surface area contributed by atoms with Gasteiger partial charge in [-0.2, -0.15) is 13.2 Å². The van der Waals surface area contributed by atoms with Crippen molar-refractivity contribution in [2.75, 3.05) is 11.9 Å². The number of carbonyl (C=O) groups is 1. The maximum atomic E-state index is 13.7. The molecule has 4 unspecified atom stereocenters. The average molecular weight is 450 g/mol. The molecule has 3 fully saturated rings. The molecule has 1 aliphatic heterocycles. The molecule has 33 heavy (non-hydrogen) atoms. The van der Waals surface area contributed by atoms with E-state index in [9.17, 15) is 18.0 Å². The van der Waals surface area contributed by atoms with Gasteiger partial charge in [-0.1, -0.05) is 24.3 Å². The molecule has 1 saturated heterocycles. The van der Waals surface area contributed by atoms with E-state index in [0.717, 1.165) is 36.4 Å². The van der Waals surface area contributed by atoms with Gasteiger partial charge in [0.2, 0.25) is 0 Å². The molecule has 168 valence electrons. The molecule has 4 atom stereocenters. The molecule has 2 aromatic heterocycles. The zero-order valence-electron chi connectivity index (χ0n) is 17.6. The number of rotatable bonds is 4. The van der Waals surface area contributed by atoms with Crippen molar-refractivity contribution < 1.29 is 18.0 Å². The number of amides is 1. The monoisotopic (exact) mass is 450 g/mol.